The minimum absolute atomic E-state index is 0.0776. The molecule has 414 valence electrons. The molecule has 0 aromatic heterocycles. The van der Waals surface area contributed by atoms with Crippen LogP contribution in [0.4, 0.5) is 0 Å². The van der Waals surface area contributed by atoms with Gasteiger partial charge < -0.3 is 14.2 Å². The molecule has 0 amide bonds. The van der Waals surface area contributed by atoms with E-state index in [1.54, 1.807) is 0 Å². The second-order valence-corrected chi connectivity index (χ2v) is 21.0. The zero-order chi connectivity index (χ0) is 51.4. The van der Waals surface area contributed by atoms with Crippen LogP contribution < -0.4 is 0 Å². The van der Waals surface area contributed by atoms with E-state index in [9.17, 15) is 14.4 Å². The molecule has 0 heterocycles. The van der Waals surface area contributed by atoms with Gasteiger partial charge in [-0.2, -0.15) is 0 Å². The molecule has 0 aliphatic heterocycles. The molecule has 0 aromatic rings. The molecule has 1 atom stereocenters. The first-order valence-electron chi connectivity index (χ1n) is 31.1. The standard InChI is InChI=1S/C65H118O6/c1-4-7-10-13-16-19-22-25-28-30-31-32-33-35-37-40-43-46-49-52-55-58-64(67)70-61-62(60-69-63(66)57-54-51-48-45-42-39-36-27-24-21-18-15-12-9-6-3)71-65(68)59-56-53-50-47-44-41-38-34-29-26-23-20-17-14-11-8-5-2/h17-18,20-21,26-27,29,36,62H,4-16,19,22-25,28,30-35,37-61H2,1-3H3/b20-17-,21-18-,29-26-,36-27-/t62-/m1/s1. The Labute approximate surface area is 441 Å². The van der Waals surface area contributed by atoms with Crippen molar-refractivity contribution in [3.63, 3.8) is 0 Å². The maximum Gasteiger partial charge on any atom is 0.306 e. The number of carbonyl (C=O) groups is 3. The summed E-state index contributed by atoms with van der Waals surface area (Å²) in [5, 5.41) is 0. The second-order valence-electron chi connectivity index (χ2n) is 21.0. The molecule has 71 heavy (non-hydrogen) atoms. The number of rotatable bonds is 57. The number of hydrogen-bond acceptors (Lipinski definition) is 6. The highest BCUT2D eigenvalue weighted by Crippen LogP contribution is 2.17. The third-order valence-electron chi connectivity index (χ3n) is 13.8. The highest BCUT2D eigenvalue weighted by Gasteiger charge is 2.19. The Balaban J connectivity index is 4.34. The monoisotopic (exact) mass is 995 g/mol. The van der Waals surface area contributed by atoms with Crippen LogP contribution >= 0.6 is 0 Å². The zero-order valence-electron chi connectivity index (χ0n) is 47.5. The predicted octanol–water partition coefficient (Wildman–Crippen LogP) is 21.0. The number of carbonyl (C=O) groups excluding carboxylic acids is 3. The number of esters is 3. The fourth-order valence-electron chi connectivity index (χ4n) is 9.09. The van der Waals surface area contributed by atoms with Gasteiger partial charge in [-0.1, -0.05) is 275 Å². The highest BCUT2D eigenvalue weighted by molar-refractivity contribution is 5.71. The van der Waals surface area contributed by atoms with E-state index in [4.69, 9.17) is 14.2 Å². The van der Waals surface area contributed by atoms with Gasteiger partial charge in [0.05, 0.1) is 0 Å². The Bertz CT molecular complexity index is 1230. The minimum atomic E-state index is -0.782. The van der Waals surface area contributed by atoms with Crippen LogP contribution in [-0.2, 0) is 28.6 Å². The van der Waals surface area contributed by atoms with Crippen molar-refractivity contribution in [3.8, 4) is 0 Å². The van der Waals surface area contributed by atoms with Crippen molar-refractivity contribution >= 4 is 17.9 Å². The van der Waals surface area contributed by atoms with Gasteiger partial charge in [-0.15, -0.1) is 0 Å². The number of unbranched alkanes of at least 4 members (excludes halogenated alkanes) is 38. The summed E-state index contributed by atoms with van der Waals surface area (Å²) in [5.41, 5.74) is 0. The second kappa shape index (κ2) is 59.9. The van der Waals surface area contributed by atoms with Gasteiger partial charge in [0.1, 0.15) is 13.2 Å². The van der Waals surface area contributed by atoms with Crippen LogP contribution in [0.1, 0.15) is 329 Å². The summed E-state index contributed by atoms with van der Waals surface area (Å²) in [6.45, 7) is 6.62. The third-order valence-corrected chi connectivity index (χ3v) is 13.8. The van der Waals surface area contributed by atoms with Crippen LogP contribution in [0.5, 0.6) is 0 Å². The van der Waals surface area contributed by atoms with Crippen molar-refractivity contribution in [1.82, 2.24) is 0 Å². The predicted molar refractivity (Wildman–Crippen MR) is 307 cm³/mol. The van der Waals surface area contributed by atoms with Crippen molar-refractivity contribution in [1.29, 1.82) is 0 Å². The Hall–Kier alpha value is -2.63. The van der Waals surface area contributed by atoms with E-state index in [1.165, 1.54) is 199 Å². The van der Waals surface area contributed by atoms with Crippen molar-refractivity contribution in [2.75, 3.05) is 13.2 Å². The van der Waals surface area contributed by atoms with Crippen LogP contribution in [0.15, 0.2) is 48.6 Å². The van der Waals surface area contributed by atoms with Crippen LogP contribution in [0, 0.1) is 0 Å². The molecule has 6 heteroatoms. The molecule has 0 fully saturated rings. The molecule has 0 rings (SSSR count). The first kappa shape index (κ1) is 68.4. The van der Waals surface area contributed by atoms with Crippen molar-refractivity contribution in [2.45, 2.75) is 335 Å². The van der Waals surface area contributed by atoms with Gasteiger partial charge in [0.2, 0.25) is 0 Å². The lowest BCUT2D eigenvalue weighted by Crippen LogP contribution is -2.30. The van der Waals surface area contributed by atoms with Gasteiger partial charge in [-0.3, -0.25) is 14.4 Å². The van der Waals surface area contributed by atoms with Crippen molar-refractivity contribution in [2.24, 2.45) is 0 Å². The Morgan fingerprint density at radius 3 is 0.803 bits per heavy atom. The molecule has 0 N–H and O–H groups in total. The van der Waals surface area contributed by atoms with E-state index in [1.807, 2.05) is 0 Å². The van der Waals surface area contributed by atoms with E-state index in [0.717, 1.165) is 89.9 Å². The first-order chi connectivity index (χ1) is 35.0. The van der Waals surface area contributed by atoms with Gasteiger partial charge >= 0.3 is 17.9 Å². The van der Waals surface area contributed by atoms with Crippen LogP contribution in [0.25, 0.3) is 0 Å². The van der Waals surface area contributed by atoms with Gasteiger partial charge in [0.25, 0.3) is 0 Å². The van der Waals surface area contributed by atoms with E-state index in [-0.39, 0.29) is 31.1 Å². The van der Waals surface area contributed by atoms with Crippen LogP contribution in [0.2, 0.25) is 0 Å². The zero-order valence-corrected chi connectivity index (χ0v) is 47.5. The highest BCUT2D eigenvalue weighted by atomic mass is 16.6. The maximum absolute atomic E-state index is 12.9. The normalized spacial score (nSPS) is 12.3. The summed E-state index contributed by atoms with van der Waals surface area (Å²) in [6.07, 6.45) is 73.9. The number of allylic oxidation sites excluding steroid dienone is 8. The molecule has 0 unspecified atom stereocenters. The molecule has 0 saturated heterocycles. The van der Waals surface area contributed by atoms with E-state index in [0.29, 0.717) is 19.3 Å². The molecule has 0 spiro atoms. The molecule has 0 radical (unpaired) electrons. The van der Waals surface area contributed by atoms with Crippen LogP contribution in [-0.4, -0.2) is 37.2 Å². The van der Waals surface area contributed by atoms with E-state index < -0.39 is 6.10 Å². The van der Waals surface area contributed by atoms with Crippen LogP contribution in [0.3, 0.4) is 0 Å². The topological polar surface area (TPSA) is 78.9 Å². The third kappa shape index (κ3) is 58.1. The fraction of sp³-hybridized carbons (Fsp3) is 0.831. The maximum atomic E-state index is 12.9. The summed E-state index contributed by atoms with van der Waals surface area (Å²) in [4.78, 5) is 38.3. The molecule has 6 nitrogen and oxygen atoms in total. The van der Waals surface area contributed by atoms with E-state index in [2.05, 4.69) is 69.4 Å². The minimum Gasteiger partial charge on any atom is -0.462 e. The van der Waals surface area contributed by atoms with Crippen molar-refractivity contribution in [3.05, 3.63) is 48.6 Å². The Kier molecular flexibility index (Phi) is 57.7. The molecule has 0 aromatic carbocycles. The molecular formula is C65H118O6. The van der Waals surface area contributed by atoms with Gasteiger partial charge in [0, 0.05) is 19.3 Å². The van der Waals surface area contributed by atoms with E-state index >= 15 is 0 Å². The lowest BCUT2D eigenvalue weighted by Gasteiger charge is -2.18. The molecule has 0 saturated carbocycles. The van der Waals surface area contributed by atoms with Crippen molar-refractivity contribution < 1.29 is 28.6 Å². The average Bonchev–Trinajstić information content (AvgIpc) is 3.37. The van der Waals surface area contributed by atoms with Gasteiger partial charge in [-0.25, -0.2) is 0 Å². The molecule has 0 aliphatic rings. The summed E-state index contributed by atoms with van der Waals surface area (Å²) in [5.74, 6) is -0.881. The summed E-state index contributed by atoms with van der Waals surface area (Å²) in [6, 6.07) is 0. The summed E-state index contributed by atoms with van der Waals surface area (Å²) >= 11 is 0. The van der Waals surface area contributed by atoms with Gasteiger partial charge in [0.15, 0.2) is 6.10 Å². The lowest BCUT2D eigenvalue weighted by atomic mass is 10.0. The van der Waals surface area contributed by atoms with Gasteiger partial charge in [-0.05, 0) is 83.5 Å². The average molecular weight is 996 g/mol. The molecular weight excluding hydrogens is 877 g/mol. The molecule has 0 bridgehead atoms. The summed E-state index contributed by atoms with van der Waals surface area (Å²) in [7, 11) is 0. The fourth-order valence-corrected chi connectivity index (χ4v) is 9.09. The number of hydrogen-bond donors (Lipinski definition) is 0. The lowest BCUT2D eigenvalue weighted by molar-refractivity contribution is -0.167. The Morgan fingerprint density at radius 1 is 0.282 bits per heavy atom. The largest absolute Gasteiger partial charge is 0.462 e. The summed E-state index contributed by atoms with van der Waals surface area (Å²) < 4.78 is 16.9. The number of ether oxygens (including phenoxy) is 3. The molecule has 0 aliphatic carbocycles. The Morgan fingerprint density at radius 2 is 0.507 bits per heavy atom. The quantitative estimate of drug-likeness (QED) is 0.0261. The first-order valence-corrected chi connectivity index (χ1v) is 31.1. The smallest absolute Gasteiger partial charge is 0.306 e. The SMILES string of the molecule is CCCCC/C=C\C/C=C\CCCCCCCCCC(=O)O[C@H](COC(=O)CCCCCCC/C=C\C/C=C\CCCCC)COC(=O)CCCCCCCCCCCCCCCCCCCCCCC.